The number of hydrogen-bond donors (Lipinski definition) is 0. The van der Waals surface area contributed by atoms with Crippen molar-refractivity contribution in [2.45, 2.75) is 25.2 Å². The highest BCUT2D eigenvalue weighted by Gasteiger charge is 2.32. The van der Waals surface area contributed by atoms with Crippen LogP contribution in [-0.4, -0.2) is 25.8 Å². The Hall–Kier alpha value is -1.38. The van der Waals surface area contributed by atoms with E-state index < -0.39 is 10.0 Å². The van der Waals surface area contributed by atoms with Crippen LogP contribution in [0.5, 0.6) is 0 Å². The molecule has 19 heavy (non-hydrogen) atoms. The van der Waals surface area contributed by atoms with E-state index in [0.29, 0.717) is 24.9 Å². The van der Waals surface area contributed by atoms with Gasteiger partial charge in [0.1, 0.15) is 6.07 Å². The molecule has 1 saturated heterocycles. The van der Waals surface area contributed by atoms with Crippen LogP contribution in [0.2, 0.25) is 0 Å². The lowest BCUT2D eigenvalue weighted by Gasteiger charge is -2.34. The average molecular weight is 278 g/mol. The summed E-state index contributed by atoms with van der Waals surface area (Å²) in [5, 5.41) is 9.05. The van der Waals surface area contributed by atoms with Gasteiger partial charge in [-0.1, -0.05) is 26.0 Å². The summed E-state index contributed by atoms with van der Waals surface area (Å²) in [6.07, 6.45) is 1.05. The molecule has 5 heteroatoms. The van der Waals surface area contributed by atoms with Crippen LogP contribution in [0.15, 0.2) is 29.2 Å². The van der Waals surface area contributed by atoms with Gasteiger partial charge in [-0.25, -0.2) is 8.42 Å². The summed E-state index contributed by atoms with van der Waals surface area (Å²) in [6, 6.07) is 8.35. The van der Waals surface area contributed by atoms with Crippen molar-refractivity contribution in [3.63, 3.8) is 0 Å². The molecule has 0 amide bonds. The summed E-state index contributed by atoms with van der Waals surface area (Å²) in [5.41, 5.74) is 0.216. The van der Waals surface area contributed by atoms with Crippen molar-refractivity contribution in [2.75, 3.05) is 13.1 Å². The molecule has 4 nitrogen and oxygen atoms in total. The molecule has 0 bridgehead atoms. The first kappa shape index (κ1) is 14.0. The molecule has 1 aromatic rings. The lowest BCUT2D eigenvalue weighted by molar-refractivity contribution is 0.222. The van der Waals surface area contributed by atoms with E-state index in [-0.39, 0.29) is 10.5 Å². The van der Waals surface area contributed by atoms with Crippen molar-refractivity contribution in [1.82, 2.24) is 4.31 Å². The van der Waals surface area contributed by atoms with E-state index in [9.17, 15) is 8.42 Å². The average Bonchev–Trinajstić information content (AvgIpc) is 2.37. The molecule has 0 aromatic heterocycles. The first-order valence-electron chi connectivity index (χ1n) is 6.44. The van der Waals surface area contributed by atoms with Crippen LogP contribution in [0.3, 0.4) is 0 Å². The zero-order chi connectivity index (χ0) is 14.0. The highest BCUT2D eigenvalue weighted by Crippen LogP contribution is 2.27. The van der Waals surface area contributed by atoms with Crippen LogP contribution in [0.4, 0.5) is 0 Å². The van der Waals surface area contributed by atoms with E-state index in [1.807, 2.05) is 6.07 Å². The van der Waals surface area contributed by atoms with Gasteiger partial charge in [0, 0.05) is 13.1 Å². The smallest absolute Gasteiger partial charge is 0.207 e. The van der Waals surface area contributed by atoms with Crippen LogP contribution < -0.4 is 0 Å². The SMILES string of the molecule is C[C@H]1C[C@H](C)CN(S(=O)(=O)c2ccccc2C#N)C1. The van der Waals surface area contributed by atoms with Gasteiger partial charge in [0.05, 0.1) is 10.5 Å². The number of rotatable bonds is 2. The maximum Gasteiger partial charge on any atom is 0.244 e. The zero-order valence-corrected chi connectivity index (χ0v) is 12.0. The Morgan fingerprint density at radius 3 is 2.37 bits per heavy atom. The van der Waals surface area contributed by atoms with E-state index in [1.54, 1.807) is 18.2 Å². The quantitative estimate of drug-likeness (QED) is 0.833. The molecule has 2 atom stereocenters. The number of hydrogen-bond acceptors (Lipinski definition) is 3. The van der Waals surface area contributed by atoms with Crippen molar-refractivity contribution in [3.05, 3.63) is 29.8 Å². The molecule has 102 valence electrons. The maximum atomic E-state index is 12.6. The number of benzene rings is 1. The molecule has 1 aliphatic heterocycles. The van der Waals surface area contributed by atoms with Gasteiger partial charge >= 0.3 is 0 Å². The molecule has 1 aliphatic rings. The van der Waals surface area contributed by atoms with Gasteiger partial charge in [0.15, 0.2) is 0 Å². The van der Waals surface area contributed by atoms with Crippen molar-refractivity contribution in [3.8, 4) is 6.07 Å². The second-order valence-electron chi connectivity index (χ2n) is 5.38. The molecule has 1 heterocycles. The fourth-order valence-corrected chi connectivity index (χ4v) is 4.55. The third kappa shape index (κ3) is 2.80. The Bertz CT molecular complexity index is 594. The van der Waals surface area contributed by atoms with E-state index in [0.717, 1.165) is 6.42 Å². The largest absolute Gasteiger partial charge is 0.244 e. The maximum absolute atomic E-state index is 12.6. The molecule has 2 rings (SSSR count). The van der Waals surface area contributed by atoms with Crippen molar-refractivity contribution in [1.29, 1.82) is 5.26 Å². The van der Waals surface area contributed by atoms with Crippen molar-refractivity contribution in [2.24, 2.45) is 11.8 Å². The minimum atomic E-state index is -3.56. The fraction of sp³-hybridized carbons (Fsp3) is 0.500. The van der Waals surface area contributed by atoms with Crippen LogP contribution >= 0.6 is 0 Å². The minimum absolute atomic E-state index is 0.124. The van der Waals surface area contributed by atoms with Crippen LogP contribution in [0.1, 0.15) is 25.8 Å². The molecule has 1 fully saturated rings. The number of piperidine rings is 1. The Morgan fingerprint density at radius 1 is 1.21 bits per heavy atom. The summed E-state index contributed by atoms with van der Waals surface area (Å²) >= 11 is 0. The number of nitrogens with zero attached hydrogens (tertiary/aromatic N) is 2. The molecular weight excluding hydrogens is 260 g/mol. The third-order valence-electron chi connectivity index (χ3n) is 3.46. The normalized spacial score (nSPS) is 24.9. The van der Waals surface area contributed by atoms with Crippen molar-refractivity contribution >= 4 is 10.0 Å². The number of sulfonamides is 1. The second kappa shape index (κ2) is 5.32. The molecule has 0 aliphatic carbocycles. The van der Waals surface area contributed by atoms with Crippen LogP contribution in [0.25, 0.3) is 0 Å². The molecule has 0 radical (unpaired) electrons. The highest BCUT2D eigenvalue weighted by atomic mass is 32.2. The van der Waals surface area contributed by atoms with Gasteiger partial charge in [-0.15, -0.1) is 0 Å². The molecule has 0 unspecified atom stereocenters. The highest BCUT2D eigenvalue weighted by molar-refractivity contribution is 7.89. The monoisotopic (exact) mass is 278 g/mol. The van der Waals surface area contributed by atoms with Gasteiger partial charge in [-0.05, 0) is 30.4 Å². The summed E-state index contributed by atoms with van der Waals surface area (Å²) in [4.78, 5) is 0.124. The van der Waals surface area contributed by atoms with E-state index >= 15 is 0 Å². The molecule has 0 saturated carbocycles. The topological polar surface area (TPSA) is 61.2 Å². The van der Waals surface area contributed by atoms with Crippen LogP contribution in [-0.2, 0) is 10.0 Å². The summed E-state index contributed by atoms with van der Waals surface area (Å²) in [6.45, 7) is 5.20. The lowest BCUT2D eigenvalue weighted by Crippen LogP contribution is -2.42. The van der Waals surface area contributed by atoms with Gasteiger partial charge < -0.3 is 0 Å². The Kier molecular flexibility index (Phi) is 3.93. The number of nitriles is 1. The second-order valence-corrected chi connectivity index (χ2v) is 7.28. The Morgan fingerprint density at radius 2 is 1.79 bits per heavy atom. The molecule has 0 N–H and O–H groups in total. The standard InChI is InChI=1S/C14H18N2O2S/c1-11-7-12(2)10-16(9-11)19(17,18)14-6-4-3-5-13(14)8-15/h3-6,11-12H,7,9-10H2,1-2H3/t11-,12-/m0/s1. The third-order valence-corrected chi connectivity index (χ3v) is 5.35. The lowest BCUT2D eigenvalue weighted by atomic mass is 9.94. The van der Waals surface area contributed by atoms with E-state index in [1.165, 1.54) is 10.4 Å². The predicted octanol–water partition coefficient (Wildman–Crippen LogP) is 2.22. The summed E-state index contributed by atoms with van der Waals surface area (Å²) in [7, 11) is -3.56. The minimum Gasteiger partial charge on any atom is -0.207 e. The summed E-state index contributed by atoms with van der Waals surface area (Å²) < 4.78 is 26.8. The summed E-state index contributed by atoms with van der Waals surface area (Å²) in [5.74, 6) is 0.709. The zero-order valence-electron chi connectivity index (χ0n) is 11.2. The van der Waals surface area contributed by atoms with Gasteiger partial charge in [0.25, 0.3) is 0 Å². The Labute approximate surface area is 114 Å². The van der Waals surface area contributed by atoms with Gasteiger partial charge in [-0.2, -0.15) is 9.57 Å². The molecule has 1 aromatic carbocycles. The predicted molar refractivity (Wildman–Crippen MR) is 72.9 cm³/mol. The Balaban J connectivity index is 2.40. The van der Waals surface area contributed by atoms with Crippen LogP contribution in [0, 0.1) is 23.2 Å². The van der Waals surface area contributed by atoms with Crippen molar-refractivity contribution < 1.29 is 8.42 Å². The fourth-order valence-electron chi connectivity index (χ4n) is 2.73. The molecule has 0 spiro atoms. The first-order chi connectivity index (χ1) is 8.95. The van der Waals surface area contributed by atoms with Gasteiger partial charge in [0.2, 0.25) is 10.0 Å². The molecular formula is C14H18N2O2S. The van der Waals surface area contributed by atoms with E-state index in [4.69, 9.17) is 5.26 Å². The van der Waals surface area contributed by atoms with Gasteiger partial charge in [-0.3, -0.25) is 0 Å². The van der Waals surface area contributed by atoms with E-state index in [2.05, 4.69) is 13.8 Å². The first-order valence-corrected chi connectivity index (χ1v) is 7.88.